The number of carbonyl (C=O) groups excluding carboxylic acids is 1. The van der Waals surface area contributed by atoms with Crippen LogP contribution in [0.2, 0.25) is 0 Å². The molecular weight excluding hydrogens is 396 g/mol. The van der Waals surface area contributed by atoms with Crippen molar-refractivity contribution in [3.05, 3.63) is 35.9 Å². The number of amides is 1. The van der Waals surface area contributed by atoms with Gasteiger partial charge in [0.25, 0.3) is 5.91 Å². The summed E-state index contributed by atoms with van der Waals surface area (Å²) < 4.78 is 5.10. The second-order valence-electron chi connectivity index (χ2n) is 7.42. The van der Waals surface area contributed by atoms with E-state index in [9.17, 15) is 4.79 Å². The third-order valence-electron chi connectivity index (χ3n) is 5.35. The molecule has 3 heterocycles. The highest BCUT2D eigenvalue weighted by molar-refractivity contribution is 6.00. The van der Waals surface area contributed by atoms with E-state index in [0.29, 0.717) is 36.4 Å². The maximum absolute atomic E-state index is 13.1. The van der Waals surface area contributed by atoms with Gasteiger partial charge in [0.05, 0.1) is 30.3 Å². The summed E-state index contributed by atoms with van der Waals surface area (Å²) in [4.78, 5) is 29.5. The molecule has 164 valence electrons. The Bertz CT molecular complexity index is 922. The first-order valence-electron chi connectivity index (χ1n) is 10.2. The predicted octanol–water partition coefficient (Wildman–Crippen LogP) is 1.39. The zero-order valence-corrected chi connectivity index (χ0v) is 18.1. The third-order valence-corrected chi connectivity index (χ3v) is 5.35. The van der Waals surface area contributed by atoms with Crippen LogP contribution < -0.4 is 15.5 Å². The molecule has 0 aromatic carbocycles. The molecule has 3 rings (SSSR count). The van der Waals surface area contributed by atoms with Crippen molar-refractivity contribution in [3.63, 3.8) is 0 Å². The monoisotopic (exact) mass is 424 g/mol. The fraction of sp³-hybridized carbons (Fsp3) is 0.476. The summed E-state index contributed by atoms with van der Waals surface area (Å²) >= 11 is 0. The van der Waals surface area contributed by atoms with Gasteiger partial charge in [-0.1, -0.05) is 0 Å². The van der Waals surface area contributed by atoms with Crippen molar-refractivity contribution in [2.45, 2.75) is 18.9 Å². The number of nitrogens with one attached hydrogen (secondary N) is 2. The van der Waals surface area contributed by atoms with Crippen LogP contribution >= 0.6 is 0 Å². The minimum atomic E-state index is -0.106. The lowest BCUT2D eigenvalue weighted by atomic mass is 10.0. The van der Waals surface area contributed by atoms with Crippen molar-refractivity contribution in [2.24, 2.45) is 0 Å². The van der Waals surface area contributed by atoms with Gasteiger partial charge in [-0.3, -0.25) is 4.79 Å². The largest absolute Gasteiger partial charge is 0.383 e. The predicted molar refractivity (Wildman–Crippen MR) is 117 cm³/mol. The molecule has 0 saturated carbocycles. The lowest BCUT2D eigenvalue weighted by Gasteiger charge is -2.34. The van der Waals surface area contributed by atoms with Gasteiger partial charge in [-0.05, 0) is 25.9 Å². The lowest BCUT2D eigenvalue weighted by molar-refractivity contribution is 0.0744. The van der Waals surface area contributed by atoms with E-state index < -0.39 is 0 Å². The van der Waals surface area contributed by atoms with Crippen LogP contribution in [0.5, 0.6) is 0 Å². The Hall–Kier alpha value is -3.29. The van der Waals surface area contributed by atoms with Gasteiger partial charge in [-0.25, -0.2) is 15.0 Å². The molecule has 2 N–H and O–H groups in total. The average molecular weight is 425 g/mol. The summed E-state index contributed by atoms with van der Waals surface area (Å²) in [5.74, 6) is 0.911. The van der Waals surface area contributed by atoms with Crippen molar-refractivity contribution < 1.29 is 9.53 Å². The zero-order chi connectivity index (χ0) is 22.2. The number of anilines is 3. The number of methoxy groups -OCH3 is 1. The van der Waals surface area contributed by atoms with E-state index in [1.165, 1.54) is 12.4 Å². The number of carbonyl (C=O) groups is 1. The molecule has 10 nitrogen and oxygen atoms in total. The summed E-state index contributed by atoms with van der Waals surface area (Å²) in [7, 11) is 5.39. The Morgan fingerprint density at radius 2 is 1.97 bits per heavy atom. The molecule has 0 aliphatic carbocycles. The Kier molecular flexibility index (Phi) is 7.70. The van der Waals surface area contributed by atoms with Crippen LogP contribution in [0.1, 0.15) is 28.9 Å². The number of hydrogen-bond donors (Lipinski definition) is 2. The minimum absolute atomic E-state index is 0.106. The fourth-order valence-corrected chi connectivity index (χ4v) is 3.48. The van der Waals surface area contributed by atoms with Crippen LogP contribution in [-0.2, 0) is 4.74 Å². The molecule has 2 aromatic heterocycles. The third kappa shape index (κ3) is 5.65. The highest BCUT2D eigenvalue weighted by Crippen LogP contribution is 2.28. The molecule has 1 amide bonds. The molecule has 1 aliphatic rings. The molecule has 0 atom stereocenters. The first-order chi connectivity index (χ1) is 15.0. The second kappa shape index (κ2) is 10.7. The van der Waals surface area contributed by atoms with Crippen LogP contribution in [0.3, 0.4) is 0 Å². The molecule has 0 unspecified atom stereocenters. The number of piperidine rings is 1. The zero-order valence-electron chi connectivity index (χ0n) is 18.1. The Labute approximate surface area is 182 Å². The van der Waals surface area contributed by atoms with E-state index in [-0.39, 0.29) is 11.6 Å². The van der Waals surface area contributed by atoms with E-state index >= 15 is 0 Å². The number of aromatic nitrogens is 3. The van der Waals surface area contributed by atoms with Crippen LogP contribution in [-0.4, -0.2) is 79.2 Å². The van der Waals surface area contributed by atoms with E-state index in [1.54, 1.807) is 25.3 Å². The normalized spacial score (nSPS) is 14.0. The number of nitrogens with zero attached hydrogens (tertiary/aromatic N) is 6. The lowest BCUT2D eigenvalue weighted by Crippen LogP contribution is -2.42. The Morgan fingerprint density at radius 3 is 2.61 bits per heavy atom. The first-order valence-corrected chi connectivity index (χ1v) is 10.2. The molecule has 0 radical (unpaired) electrons. The van der Waals surface area contributed by atoms with Crippen molar-refractivity contribution in [2.75, 3.05) is 57.7 Å². The van der Waals surface area contributed by atoms with Crippen molar-refractivity contribution in [1.29, 1.82) is 5.26 Å². The standard InChI is InChI=1S/C21H28N8O2/c1-28(8-9-31-3)21(30)17-13-26-19(27-20-14-24-15(11-22)12-25-20)10-18(17)29(2)16-4-6-23-7-5-16/h10,12-14,16,23H,4-9H2,1-3H3,(H,25,26,27). The highest BCUT2D eigenvalue weighted by atomic mass is 16.5. The van der Waals surface area contributed by atoms with Crippen LogP contribution in [0.4, 0.5) is 17.3 Å². The quantitative estimate of drug-likeness (QED) is 0.648. The number of ether oxygens (including phenoxy) is 1. The summed E-state index contributed by atoms with van der Waals surface area (Å²) in [5.41, 5.74) is 1.58. The summed E-state index contributed by atoms with van der Waals surface area (Å²) in [6.45, 7) is 2.85. The molecule has 1 aliphatic heterocycles. The molecule has 0 spiro atoms. The topological polar surface area (TPSA) is 119 Å². The van der Waals surface area contributed by atoms with Crippen LogP contribution in [0, 0.1) is 11.3 Å². The van der Waals surface area contributed by atoms with Gasteiger partial charge in [-0.2, -0.15) is 5.26 Å². The van der Waals surface area contributed by atoms with Gasteiger partial charge < -0.3 is 25.2 Å². The summed E-state index contributed by atoms with van der Waals surface area (Å²) in [5, 5.41) is 15.4. The van der Waals surface area contributed by atoms with Gasteiger partial charge in [0.15, 0.2) is 5.69 Å². The maximum Gasteiger partial charge on any atom is 0.257 e. The van der Waals surface area contributed by atoms with Crippen molar-refractivity contribution >= 4 is 23.2 Å². The molecule has 31 heavy (non-hydrogen) atoms. The number of pyridine rings is 1. The Balaban J connectivity index is 1.90. The smallest absolute Gasteiger partial charge is 0.257 e. The highest BCUT2D eigenvalue weighted by Gasteiger charge is 2.24. The van der Waals surface area contributed by atoms with E-state index in [2.05, 4.69) is 30.5 Å². The summed E-state index contributed by atoms with van der Waals surface area (Å²) in [6.07, 6.45) is 6.46. The molecule has 0 bridgehead atoms. The SMILES string of the molecule is COCCN(C)C(=O)c1cnc(Nc2cnc(C#N)cn2)cc1N(C)C1CCNCC1. The average Bonchev–Trinajstić information content (AvgIpc) is 2.82. The van der Waals surface area contributed by atoms with Crippen LogP contribution in [0.15, 0.2) is 24.7 Å². The number of likely N-dealkylation sites (N-methyl/N-ethyl adjacent to an activating group) is 1. The molecule has 1 saturated heterocycles. The number of hydrogen-bond acceptors (Lipinski definition) is 9. The Morgan fingerprint density at radius 1 is 1.23 bits per heavy atom. The maximum atomic E-state index is 13.1. The van der Waals surface area contributed by atoms with Gasteiger partial charge in [-0.15, -0.1) is 0 Å². The fourth-order valence-electron chi connectivity index (χ4n) is 3.48. The van der Waals surface area contributed by atoms with Crippen LogP contribution in [0.25, 0.3) is 0 Å². The number of rotatable bonds is 8. The summed E-state index contributed by atoms with van der Waals surface area (Å²) in [6, 6.07) is 4.13. The van der Waals surface area contributed by atoms with Crippen molar-refractivity contribution in [3.8, 4) is 6.07 Å². The van der Waals surface area contributed by atoms with E-state index in [1.807, 2.05) is 19.2 Å². The van der Waals surface area contributed by atoms with Crippen molar-refractivity contribution in [1.82, 2.24) is 25.2 Å². The van der Waals surface area contributed by atoms with Gasteiger partial charge >= 0.3 is 0 Å². The molecule has 10 heteroatoms. The van der Waals surface area contributed by atoms with E-state index in [4.69, 9.17) is 10.00 Å². The first kappa shape index (κ1) is 22.4. The van der Waals surface area contributed by atoms with Gasteiger partial charge in [0.1, 0.15) is 17.7 Å². The van der Waals surface area contributed by atoms with Gasteiger partial charge in [0, 0.05) is 46.1 Å². The molecular formula is C21H28N8O2. The minimum Gasteiger partial charge on any atom is -0.383 e. The molecule has 1 fully saturated rings. The molecule has 2 aromatic rings. The number of nitriles is 1. The van der Waals surface area contributed by atoms with Gasteiger partial charge in [0.2, 0.25) is 0 Å². The van der Waals surface area contributed by atoms with E-state index in [0.717, 1.165) is 31.6 Å². The second-order valence-corrected chi connectivity index (χ2v) is 7.42.